The molecule has 0 aromatic heterocycles. The van der Waals surface area contributed by atoms with Gasteiger partial charge in [0.15, 0.2) is 5.72 Å². The average Bonchev–Trinajstić information content (AvgIpc) is 3.60. The van der Waals surface area contributed by atoms with Gasteiger partial charge in [0.1, 0.15) is 11.9 Å². The van der Waals surface area contributed by atoms with Gasteiger partial charge in [-0.1, -0.05) is 37.6 Å². The lowest BCUT2D eigenvalue weighted by molar-refractivity contribution is 0.307. The van der Waals surface area contributed by atoms with E-state index in [9.17, 15) is 0 Å². The van der Waals surface area contributed by atoms with E-state index in [1.165, 1.54) is 5.70 Å². The summed E-state index contributed by atoms with van der Waals surface area (Å²) in [4.78, 5) is 2.21. The van der Waals surface area contributed by atoms with E-state index >= 15 is 0 Å². The molecular formula is C23H36N4O2. The number of allylic oxidation sites excluding steroid dienone is 3. The predicted molar refractivity (Wildman–Crippen MR) is 119 cm³/mol. The van der Waals surface area contributed by atoms with Crippen LogP contribution in [0, 0.1) is 0 Å². The van der Waals surface area contributed by atoms with Crippen LogP contribution in [-0.4, -0.2) is 50.0 Å². The van der Waals surface area contributed by atoms with Crippen molar-refractivity contribution in [3.63, 3.8) is 0 Å². The highest BCUT2D eigenvalue weighted by atomic mass is 16.7. The van der Waals surface area contributed by atoms with Crippen molar-refractivity contribution in [2.75, 3.05) is 26.9 Å². The molecule has 2 heterocycles. The second kappa shape index (κ2) is 8.78. The molecule has 0 bridgehead atoms. The average molecular weight is 401 g/mol. The highest BCUT2D eigenvalue weighted by molar-refractivity contribution is 5.60. The largest absolute Gasteiger partial charge is 0.494 e. The number of rotatable bonds is 10. The minimum Gasteiger partial charge on any atom is -0.494 e. The second-order valence-electron chi connectivity index (χ2n) is 8.29. The molecule has 0 aliphatic carbocycles. The van der Waals surface area contributed by atoms with E-state index in [1.54, 1.807) is 7.11 Å². The molecule has 2 fully saturated rings. The van der Waals surface area contributed by atoms with Gasteiger partial charge < -0.3 is 25.4 Å². The zero-order valence-electron chi connectivity index (χ0n) is 18.5. The maximum absolute atomic E-state index is 6.14. The van der Waals surface area contributed by atoms with Gasteiger partial charge in [-0.05, 0) is 46.5 Å². The maximum Gasteiger partial charge on any atom is 0.168 e. The first kappa shape index (κ1) is 21.7. The lowest BCUT2D eigenvalue weighted by atomic mass is 10.0. The van der Waals surface area contributed by atoms with Crippen LogP contribution in [0.3, 0.4) is 0 Å². The molecule has 29 heavy (non-hydrogen) atoms. The number of nitrogens with zero attached hydrogens (tertiary/aromatic N) is 1. The number of nitrogens with one attached hydrogen (secondary N) is 2. The summed E-state index contributed by atoms with van der Waals surface area (Å²) in [5.74, 6) is 0.736. The van der Waals surface area contributed by atoms with Gasteiger partial charge in [0, 0.05) is 17.3 Å². The minimum absolute atomic E-state index is 0.0935. The molecule has 4 N–H and O–H groups in total. The van der Waals surface area contributed by atoms with E-state index in [1.807, 2.05) is 12.1 Å². The molecule has 0 saturated carbocycles. The Balaban J connectivity index is 1.67. The van der Waals surface area contributed by atoms with Crippen molar-refractivity contribution >= 4 is 5.69 Å². The fraction of sp³-hybridized carbons (Fsp3) is 0.565. The van der Waals surface area contributed by atoms with E-state index in [4.69, 9.17) is 15.2 Å². The molecule has 2 saturated heterocycles. The first-order valence-electron chi connectivity index (χ1n) is 10.5. The van der Waals surface area contributed by atoms with Gasteiger partial charge in [0.05, 0.1) is 24.9 Å². The van der Waals surface area contributed by atoms with Crippen molar-refractivity contribution in [1.29, 1.82) is 0 Å². The Bertz CT molecular complexity index is 776. The number of unbranched alkanes of at least 4 members (excludes halogenated alkanes) is 1. The summed E-state index contributed by atoms with van der Waals surface area (Å²) >= 11 is 0. The number of ether oxygens (including phenoxy) is 2. The number of nitrogen functional groups attached to an aromatic ring is 1. The van der Waals surface area contributed by atoms with Gasteiger partial charge in [-0.3, -0.25) is 5.32 Å². The number of methoxy groups -OCH3 is 1. The first-order chi connectivity index (χ1) is 13.9. The number of nitrogens with two attached hydrogens (primary N) is 1. The molecule has 1 aromatic carbocycles. The lowest BCUT2D eigenvalue weighted by Crippen LogP contribution is -2.40. The van der Waals surface area contributed by atoms with Crippen LogP contribution in [0.25, 0.3) is 0 Å². The number of hydrogen-bond acceptors (Lipinski definition) is 6. The Morgan fingerprint density at radius 1 is 1.41 bits per heavy atom. The topological polar surface area (TPSA) is 85.0 Å². The molecular weight excluding hydrogens is 364 g/mol. The Labute approximate surface area is 175 Å². The Hall–Kier alpha value is -2.02. The fourth-order valence-corrected chi connectivity index (χ4v) is 3.89. The quantitative estimate of drug-likeness (QED) is 0.318. The van der Waals surface area contributed by atoms with Crippen molar-refractivity contribution in [2.24, 2.45) is 0 Å². The van der Waals surface area contributed by atoms with E-state index in [0.717, 1.165) is 24.2 Å². The number of benzene rings is 1. The summed E-state index contributed by atoms with van der Waals surface area (Å²) in [6.07, 6.45) is 8.90. The highest BCUT2D eigenvalue weighted by Crippen LogP contribution is 2.59. The molecule has 5 atom stereocenters. The van der Waals surface area contributed by atoms with E-state index in [-0.39, 0.29) is 30.0 Å². The molecule has 6 heteroatoms. The number of epoxide rings is 1. The van der Waals surface area contributed by atoms with Crippen molar-refractivity contribution in [1.82, 2.24) is 15.5 Å². The van der Waals surface area contributed by atoms with Crippen LogP contribution in [0.4, 0.5) is 5.69 Å². The Morgan fingerprint density at radius 2 is 2.17 bits per heavy atom. The van der Waals surface area contributed by atoms with Crippen molar-refractivity contribution < 1.29 is 9.47 Å². The van der Waals surface area contributed by atoms with Crippen LogP contribution in [0.2, 0.25) is 0 Å². The van der Waals surface area contributed by atoms with Crippen LogP contribution < -0.4 is 21.1 Å². The molecule has 6 nitrogen and oxygen atoms in total. The number of para-hydroxylation sites is 1. The normalized spacial score (nSPS) is 28.0. The van der Waals surface area contributed by atoms with E-state index in [0.29, 0.717) is 5.69 Å². The molecule has 0 amide bonds. The zero-order chi connectivity index (χ0) is 21.2. The van der Waals surface area contributed by atoms with Gasteiger partial charge in [-0.15, -0.1) is 0 Å². The molecule has 3 rings (SSSR count). The third-order valence-corrected chi connectivity index (χ3v) is 5.93. The van der Waals surface area contributed by atoms with Crippen LogP contribution in [0.15, 0.2) is 42.1 Å². The van der Waals surface area contributed by atoms with Crippen LogP contribution in [0.1, 0.15) is 45.2 Å². The Kier molecular flexibility index (Phi) is 6.56. The summed E-state index contributed by atoms with van der Waals surface area (Å²) < 4.78 is 11.7. The molecule has 0 radical (unpaired) electrons. The van der Waals surface area contributed by atoms with Crippen LogP contribution >= 0.6 is 0 Å². The van der Waals surface area contributed by atoms with Crippen molar-refractivity contribution in [2.45, 2.75) is 63.6 Å². The van der Waals surface area contributed by atoms with E-state index in [2.05, 4.69) is 74.7 Å². The van der Waals surface area contributed by atoms with Gasteiger partial charge in [-0.25, -0.2) is 0 Å². The third-order valence-electron chi connectivity index (χ3n) is 5.93. The molecule has 5 unspecified atom stereocenters. The zero-order valence-corrected chi connectivity index (χ0v) is 18.5. The van der Waals surface area contributed by atoms with Gasteiger partial charge in [0.25, 0.3) is 0 Å². The smallest absolute Gasteiger partial charge is 0.168 e. The van der Waals surface area contributed by atoms with Crippen LogP contribution in [-0.2, 0) is 4.74 Å². The lowest BCUT2D eigenvalue weighted by Gasteiger charge is -2.26. The summed E-state index contributed by atoms with van der Waals surface area (Å²) in [5.41, 5.74) is 8.67. The monoisotopic (exact) mass is 400 g/mol. The standard InChI is InChI=1S/C23H36N4O2/c1-7-8-9-10-14-19(16(3)27(4)5)25-15(2)22-23(29-22)21(26-23)17-12-11-13-18(24)20(17)28-6/h9-16,21-22,25-26H,7-8,24H2,1-6H3. The van der Waals surface area contributed by atoms with Gasteiger partial charge >= 0.3 is 0 Å². The number of anilines is 1. The Morgan fingerprint density at radius 3 is 2.83 bits per heavy atom. The molecule has 2 aliphatic rings. The maximum atomic E-state index is 6.14. The SMILES string of the molecule is CCCC=CC=C(NC(C)C1OC12NC2c1cccc(N)c1OC)C(C)N(C)C. The summed E-state index contributed by atoms with van der Waals surface area (Å²) in [6.45, 7) is 6.58. The predicted octanol–water partition coefficient (Wildman–Crippen LogP) is 3.19. The third kappa shape index (κ3) is 4.44. The fourth-order valence-electron chi connectivity index (χ4n) is 3.89. The molecule has 160 valence electrons. The first-order valence-corrected chi connectivity index (χ1v) is 10.5. The summed E-state index contributed by atoms with van der Waals surface area (Å²) in [6, 6.07) is 6.44. The second-order valence-corrected chi connectivity index (χ2v) is 8.29. The van der Waals surface area contributed by atoms with Gasteiger partial charge in [0.2, 0.25) is 0 Å². The van der Waals surface area contributed by atoms with Crippen molar-refractivity contribution in [3.8, 4) is 5.75 Å². The van der Waals surface area contributed by atoms with E-state index < -0.39 is 0 Å². The summed E-state index contributed by atoms with van der Waals surface area (Å²) in [7, 11) is 5.85. The van der Waals surface area contributed by atoms with Gasteiger partial charge in [-0.2, -0.15) is 0 Å². The van der Waals surface area contributed by atoms with Crippen molar-refractivity contribution in [3.05, 3.63) is 47.7 Å². The minimum atomic E-state index is -0.308. The number of likely N-dealkylation sites (N-methyl/N-ethyl adjacent to an activating group) is 1. The number of hydrogen-bond donors (Lipinski definition) is 3. The molecule has 1 spiro atoms. The molecule has 1 aromatic rings. The van der Waals surface area contributed by atoms with Crippen LogP contribution in [0.5, 0.6) is 5.75 Å². The molecule has 2 aliphatic heterocycles. The summed E-state index contributed by atoms with van der Waals surface area (Å²) in [5, 5.41) is 7.20. The highest BCUT2D eigenvalue weighted by Gasteiger charge is 2.76.